The highest BCUT2D eigenvalue weighted by molar-refractivity contribution is 8.00. The number of phenols is 2. The van der Waals surface area contributed by atoms with Gasteiger partial charge < -0.3 is 89.0 Å². The lowest BCUT2D eigenvalue weighted by Gasteiger charge is -2.62. The number of hydrogen-bond acceptors (Lipinski definition) is 28. The number of aromatic nitrogens is 2. The number of fused-ring (bicyclic) bond motifs is 21. The van der Waals surface area contributed by atoms with E-state index in [2.05, 4.69) is 135 Å². The number of aliphatic carboxylic acids is 1. The number of nitrogens with zero attached hydrogens (tertiary/aromatic N) is 6. The van der Waals surface area contributed by atoms with Gasteiger partial charge in [-0.05, 0) is 186 Å². The summed E-state index contributed by atoms with van der Waals surface area (Å²) in [5.41, 5.74) is 24.9. The molecule has 1 spiro atoms. The van der Waals surface area contributed by atoms with Gasteiger partial charge in [-0.1, -0.05) is 60.7 Å². The minimum atomic E-state index is -1.38. The van der Waals surface area contributed by atoms with Gasteiger partial charge >= 0.3 is 24.1 Å². The fourth-order valence-electron chi connectivity index (χ4n) is 21.5. The first-order chi connectivity index (χ1) is 60.9. The number of nitriles is 2. The van der Waals surface area contributed by atoms with Crippen molar-refractivity contribution in [1.82, 2.24) is 45.5 Å². The number of carboxylic acids is 1. The van der Waals surface area contributed by atoms with Gasteiger partial charge in [0.25, 0.3) is 5.97 Å². The van der Waals surface area contributed by atoms with Gasteiger partial charge in [0.05, 0.1) is 62.0 Å². The number of aromatic hydroxyl groups is 2. The van der Waals surface area contributed by atoms with E-state index in [-0.39, 0.29) is 128 Å². The Balaban J connectivity index is 0.000000154. The van der Waals surface area contributed by atoms with Crippen LogP contribution in [-0.4, -0.2) is 222 Å². The molecule has 0 radical (unpaired) electrons. The number of likely N-dealkylation sites (N-methyl/N-ethyl adjacent to an activating group) is 2. The minimum absolute atomic E-state index is 0.0576. The molecule has 12 aliphatic heterocycles. The first kappa shape index (κ1) is 88.8. The number of cyclic esters (lactones) is 1. The molecule has 0 unspecified atom stereocenters. The van der Waals surface area contributed by atoms with E-state index in [9.17, 15) is 39.9 Å². The molecule has 668 valence electrons. The number of Topliss-reactive ketones (excluding diaryl/α,β-unsaturated/α-hetero) is 1. The van der Waals surface area contributed by atoms with Crippen LogP contribution in [-0.2, 0) is 69.3 Å². The summed E-state index contributed by atoms with van der Waals surface area (Å²) in [6.45, 7) is 25.2. The van der Waals surface area contributed by atoms with Gasteiger partial charge in [0.1, 0.15) is 38.5 Å². The normalized spacial score (nSPS) is 25.6. The van der Waals surface area contributed by atoms with Crippen LogP contribution in [0.1, 0.15) is 147 Å². The van der Waals surface area contributed by atoms with Crippen molar-refractivity contribution in [1.29, 1.82) is 10.5 Å². The lowest BCUT2D eigenvalue weighted by atomic mass is 9.71. The molecular weight excluding hydrogens is 1670 g/mol. The zero-order valence-corrected chi connectivity index (χ0v) is 74.8. The maximum atomic E-state index is 15.3. The SMILES string of the molecule is C=CCOC(=O)NC[C@@H](N)Cc1c[nH]c2ccc(C)cc12.C=CCOC(=O)NC[C@@H]1Cc2c([nH]c3ccc(C)cc23)[C@@]2(CS[C@@H]3c4c(C)c(C)c5c(c4[C@H](COC2=O)N2[C@@H]3[C@H]3c4c(cc(C)c(OC)c4O)C[C@@H]([C@@H]2C#N)N3C)OCO5)N1.CC(=O)O.COc1c(C)cc2c(c1O)[C@@H]1[C@@H]3[C@@H]4SCC(=O)C(=O)OC[C@@H](c5c6c(c(C)c(C)c54)OCO6)N3[C@@H](C#N)[C@H](C2)N1C. The van der Waals surface area contributed by atoms with Crippen LogP contribution in [0.15, 0.2) is 80.0 Å². The molecule has 4 saturated heterocycles. The van der Waals surface area contributed by atoms with Crippen molar-refractivity contribution in [2.75, 3.05) is 92.9 Å². The fraction of sp³-hybridized carbons (Fsp3) is 0.447. The molecule has 4 fully saturated rings. The molecule has 127 heavy (non-hydrogen) atoms. The summed E-state index contributed by atoms with van der Waals surface area (Å²) in [7, 11) is 7.19. The summed E-state index contributed by atoms with van der Waals surface area (Å²) in [6.07, 6.45) is 6.27. The van der Waals surface area contributed by atoms with Crippen LogP contribution in [0.3, 0.4) is 0 Å². The number of alkyl carbamates (subject to hydrolysis) is 2. The number of carboxylic acid groups (broad SMARTS) is 1. The highest BCUT2D eigenvalue weighted by atomic mass is 32.2. The topological polar surface area (TPSA) is 410 Å². The molecule has 2 aromatic heterocycles. The lowest BCUT2D eigenvalue weighted by molar-refractivity contribution is -0.158. The van der Waals surface area contributed by atoms with Crippen LogP contribution >= 0.6 is 23.5 Å². The number of piperazine rings is 2. The highest BCUT2D eigenvalue weighted by Crippen LogP contribution is 2.66. The van der Waals surface area contributed by atoms with E-state index < -0.39 is 65.6 Å². The minimum Gasteiger partial charge on any atom is -0.504 e. The van der Waals surface area contributed by atoms with Crippen LogP contribution in [0.25, 0.3) is 21.8 Å². The second kappa shape index (κ2) is 35.5. The number of carbonyl (C=O) groups excluding carboxylic acids is 5. The lowest BCUT2D eigenvalue weighted by Crippen LogP contribution is -2.70. The summed E-state index contributed by atoms with van der Waals surface area (Å²) < 4.78 is 58.3. The quantitative estimate of drug-likeness (QED) is 0.0237. The summed E-state index contributed by atoms with van der Waals surface area (Å²) in [4.78, 5) is 89.7. The molecule has 2 amide bonds. The summed E-state index contributed by atoms with van der Waals surface area (Å²) in [5, 5.41) is 64.0. The zero-order chi connectivity index (χ0) is 90.4. The zero-order valence-electron chi connectivity index (χ0n) is 73.2. The number of rotatable bonds is 12. The van der Waals surface area contributed by atoms with Gasteiger partial charge in [-0.2, -0.15) is 10.5 Å². The number of H-pyrrole nitrogens is 2. The Morgan fingerprint density at radius 1 is 0.661 bits per heavy atom. The second-order valence-corrected chi connectivity index (χ2v) is 36.6. The summed E-state index contributed by atoms with van der Waals surface area (Å²) in [6, 6.07) is 17.2. The predicted octanol–water partition coefficient (Wildman–Crippen LogP) is 11.3. The predicted molar refractivity (Wildman–Crippen MR) is 474 cm³/mol. The third-order valence-electron chi connectivity index (χ3n) is 27.0. The van der Waals surface area contributed by atoms with E-state index >= 15 is 4.79 Å². The Morgan fingerprint density at radius 2 is 1.16 bits per heavy atom. The summed E-state index contributed by atoms with van der Waals surface area (Å²) in [5.74, 6) is 1.05. The van der Waals surface area contributed by atoms with Gasteiger partial charge in [0, 0.05) is 123 Å². The number of carbonyl (C=O) groups is 6. The van der Waals surface area contributed by atoms with E-state index in [4.69, 9.17) is 63.0 Å². The van der Waals surface area contributed by atoms with Gasteiger partial charge in [-0.25, -0.2) is 19.2 Å². The standard InChI is InChI=1S/C46H50N6O8S.C30H31N3O7S.C16H21N3O2.C2H4O2/c1-8-11-57-45(55)48-17-26-15-28-27-12-21(2)9-10-29(27)49-43(28)46(50-26)19-61-42-33-23(4)24(5)40-41(60-20-59-40)35(33)32(18-58-44(46)54)52-31(16-47)30-14-25-13-22(3)39(56-7)38(53)34(25)36(37(42)52)51(30)6;1-12-6-15-7-16-17(8-31)33-18-9-38-30(36)19(34)10-41-29(20-13(2)14(3)27-28(22(18)20)40-11-39-27)24(33)23(32(16)4)21(15)25(35)26(12)37-5;1-3-6-21-16(20)19-10-13(17)8-12-9-18-15-5-4-11(2)7-14(12)15;1-2(3)4/h8-10,12-13,26,30-32,36-37,42,49-50,53H,1,11,14-15,17-20H2,2-7H3,(H,48,55);6,16-18,23-24,29,35H,7,9-11H2,1-5H3;3-5,7,9,13,18H,1,6,8,10,17H2,2H3,(H,19,20);1H3,(H,3,4)/t26-,30-,31-,32-,36+,37+,42+,46+;16-,17-,18-,23+,24+,29+;13-;/m000./s1. The molecule has 12 aliphatic rings. The van der Waals surface area contributed by atoms with E-state index in [1.165, 1.54) is 34.9 Å². The van der Waals surface area contributed by atoms with Crippen LogP contribution in [0.5, 0.6) is 46.0 Å². The van der Waals surface area contributed by atoms with Crippen molar-refractivity contribution >= 4 is 81.2 Å². The molecule has 15 atom stereocenters. The largest absolute Gasteiger partial charge is 0.504 e. The van der Waals surface area contributed by atoms with Crippen molar-refractivity contribution in [2.45, 2.75) is 177 Å². The number of amides is 2. The number of aromatic amines is 2. The fourth-order valence-corrected chi connectivity index (χ4v) is 24.6. The number of nitrogens with one attached hydrogen (secondary N) is 5. The molecule has 10 N–H and O–H groups in total. The Labute approximate surface area is 743 Å². The molecule has 20 rings (SSSR count). The number of esters is 2. The number of ketones is 1. The number of ether oxygens (including phenoxy) is 10. The van der Waals surface area contributed by atoms with Gasteiger partial charge in [0.2, 0.25) is 19.4 Å². The molecule has 33 heteroatoms. The average molecular weight is 1770 g/mol. The number of nitrogens with two attached hydrogens (primary N) is 1. The van der Waals surface area contributed by atoms with Crippen LogP contribution in [0.2, 0.25) is 0 Å². The van der Waals surface area contributed by atoms with Crippen molar-refractivity contribution in [3.8, 4) is 58.1 Å². The molecule has 6 aromatic carbocycles. The second-order valence-electron chi connectivity index (χ2n) is 34.3. The molecular formula is C94H106N12O19S2. The number of thioether (sulfide) groups is 2. The first-order valence-electron chi connectivity index (χ1n) is 42.4. The molecule has 0 saturated carbocycles. The number of aryl methyl sites for hydroxylation is 4. The maximum Gasteiger partial charge on any atom is 0.407 e. The van der Waals surface area contributed by atoms with Crippen molar-refractivity contribution < 1.29 is 91.5 Å². The molecule has 31 nitrogen and oxygen atoms in total. The van der Waals surface area contributed by atoms with Crippen molar-refractivity contribution in [2.24, 2.45) is 5.73 Å². The number of phenolic OH excluding ortho intramolecular Hbond substituents is 2. The Hall–Kier alpha value is -11.7. The van der Waals surface area contributed by atoms with E-state index in [0.717, 1.165) is 124 Å². The smallest absolute Gasteiger partial charge is 0.407 e. The van der Waals surface area contributed by atoms with E-state index in [0.29, 0.717) is 66.7 Å². The number of methoxy groups -OCH3 is 2. The van der Waals surface area contributed by atoms with Crippen LogP contribution in [0.4, 0.5) is 9.59 Å². The molecule has 14 heterocycles. The van der Waals surface area contributed by atoms with E-state index in [1.807, 2.05) is 60.0 Å². The molecule has 8 bridgehead atoms. The first-order valence-corrected chi connectivity index (χ1v) is 44.5. The molecule has 8 aromatic rings. The van der Waals surface area contributed by atoms with E-state index in [1.54, 1.807) is 26.0 Å². The monoisotopic (exact) mass is 1770 g/mol. The Morgan fingerprint density at radius 3 is 1.68 bits per heavy atom. The van der Waals surface area contributed by atoms with Crippen molar-refractivity contribution in [3.63, 3.8) is 0 Å². The van der Waals surface area contributed by atoms with Crippen molar-refractivity contribution in [3.05, 3.63) is 186 Å². The number of hydrogen-bond donors (Lipinski definition) is 9. The Kier molecular flexibility index (Phi) is 24.8. The van der Waals surface area contributed by atoms with Crippen LogP contribution in [0, 0.1) is 78.1 Å². The van der Waals surface area contributed by atoms with Gasteiger partial charge in [-0.3, -0.25) is 34.5 Å². The van der Waals surface area contributed by atoms with Gasteiger partial charge in [0.15, 0.2) is 51.5 Å². The Bertz CT molecular complexity index is 5910. The van der Waals surface area contributed by atoms with Gasteiger partial charge in [-0.15, -0.1) is 23.5 Å². The average Bonchev–Trinajstić information content (AvgIpc) is 1.46. The van der Waals surface area contributed by atoms with Crippen LogP contribution < -0.4 is 50.1 Å². The third kappa shape index (κ3) is 15.3. The summed E-state index contributed by atoms with van der Waals surface area (Å²) >= 11 is 3.02. The third-order valence-corrected chi connectivity index (χ3v) is 29.8. The molecule has 0 aliphatic carbocycles. The maximum absolute atomic E-state index is 15.3. The highest BCUT2D eigenvalue weighted by Gasteiger charge is 2.64. The number of benzene rings is 6.